The average molecular weight is 265 g/mol. The molecule has 0 fully saturated rings. The summed E-state index contributed by atoms with van der Waals surface area (Å²) in [6.45, 7) is 0. The maximum atomic E-state index is 12.9. The highest BCUT2D eigenvalue weighted by atomic mass is 19.3. The van der Waals surface area contributed by atoms with Crippen molar-refractivity contribution in [3.05, 3.63) is 48.0 Å². The molecule has 0 aromatic heterocycles. The summed E-state index contributed by atoms with van der Waals surface area (Å²) < 4.78 is 36.4. The van der Waals surface area contributed by atoms with Crippen LogP contribution in [0, 0.1) is 0 Å². The lowest BCUT2D eigenvalue weighted by Crippen LogP contribution is -1.96. The van der Waals surface area contributed by atoms with Gasteiger partial charge in [0.2, 0.25) is 0 Å². The lowest BCUT2D eigenvalue weighted by molar-refractivity contribution is 0.148. The molecule has 0 unspecified atom stereocenters. The maximum absolute atomic E-state index is 12.9. The summed E-state index contributed by atoms with van der Waals surface area (Å²) in [6.07, 6.45) is -2.66. The minimum atomic E-state index is -2.66. The first-order valence-corrected chi connectivity index (χ1v) is 5.60. The molecule has 2 aromatic carbocycles. The first kappa shape index (κ1) is 13.1. The van der Waals surface area contributed by atoms with Gasteiger partial charge in [0.05, 0.1) is 12.7 Å². The van der Waals surface area contributed by atoms with E-state index in [1.54, 1.807) is 24.3 Å². The maximum Gasteiger partial charge on any atom is 0.267 e. The molecule has 19 heavy (non-hydrogen) atoms. The van der Waals surface area contributed by atoms with E-state index in [0.29, 0.717) is 11.5 Å². The first-order chi connectivity index (χ1) is 9.11. The second kappa shape index (κ2) is 5.56. The van der Waals surface area contributed by atoms with Crippen molar-refractivity contribution in [2.75, 3.05) is 12.8 Å². The second-order valence-electron chi connectivity index (χ2n) is 3.85. The molecule has 0 saturated carbocycles. The number of methoxy groups -OCH3 is 1. The number of alkyl halides is 2. The smallest absolute Gasteiger partial charge is 0.267 e. The van der Waals surface area contributed by atoms with Gasteiger partial charge in [-0.1, -0.05) is 12.1 Å². The molecule has 0 aliphatic carbocycles. The molecule has 0 aliphatic rings. The van der Waals surface area contributed by atoms with Crippen LogP contribution in [0.1, 0.15) is 12.0 Å². The van der Waals surface area contributed by atoms with Crippen molar-refractivity contribution in [2.45, 2.75) is 6.43 Å². The highest BCUT2D eigenvalue weighted by Gasteiger charge is 2.16. The number of rotatable bonds is 4. The topological polar surface area (TPSA) is 44.5 Å². The van der Waals surface area contributed by atoms with Crippen LogP contribution in [0.5, 0.6) is 17.2 Å². The standard InChI is InChI=1S/C14H13F2NO2/c1-18-12-4-2-3-5-13(12)19-11-7-6-9(17)8-10(11)14(15)16/h2-8,14H,17H2,1H3. The lowest BCUT2D eigenvalue weighted by atomic mass is 10.2. The molecule has 0 aliphatic heterocycles. The van der Waals surface area contributed by atoms with Gasteiger partial charge in [-0.15, -0.1) is 0 Å². The van der Waals surface area contributed by atoms with Gasteiger partial charge in [0.1, 0.15) is 5.75 Å². The van der Waals surface area contributed by atoms with Crippen LogP contribution in [0.4, 0.5) is 14.5 Å². The molecule has 0 amide bonds. The van der Waals surface area contributed by atoms with Crippen LogP contribution < -0.4 is 15.2 Å². The molecule has 0 atom stereocenters. The van der Waals surface area contributed by atoms with E-state index in [9.17, 15) is 8.78 Å². The molecule has 0 heterocycles. The highest BCUT2D eigenvalue weighted by Crippen LogP contribution is 2.37. The van der Waals surface area contributed by atoms with Crippen LogP contribution in [-0.2, 0) is 0 Å². The molecule has 0 spiro atoms. The van der Waals surface area contributed by atoms with Gasteiger partial charge in [-0.05, 0) is 30.3 Å². The van der Waals surface area contributed by atoms with E-state index >= 15 is 0 Å². The SMILES string of the molecule is COc1ccccc1Oc1ccc(N)cc1C(F)F. The second-order valence-corrected chi connectivity index (χ2v) is 3.85. The van der Waals surface area contributed by atoms with Crippen molar-refractivity contribution in [1.29, 1.82) is 0 Å². The van der Waals surface area contributed by atoms with Crippen molar-refractivity contribution in [2.24, 2.45) is 0 Å². The van der Waals surface area contributed by atoms with E-state index in [1.165, 1.54) is 25.3 Å². The fourth-order valence-electron chi connectivity index (χ4n) is 1.65. The van der Waals surface area contributed by atoms with Crippen LogP contribution in [0.25, 0.3) is 0 Å². The van der Waals surface area contributed by atoms with Gasteiger partial charge in [-0.3, -0.25) is 0 Å². The van der Waals surface area contributed by atoms with Gasteiger partial charge in [-0.25, -0.2) is 8.78 Å². The molecule has 3 nitrogen and oxygen atoms in total. The summed E-state index contributed by atoms with van der Waals surface area (Å²) in [5.74, 6) is 0.907. The Labute approximate surface area is 109 Å². The Balaban J connectivity index is 2.38. The normalized spacial score (nSPS) is 10.5. The third-order valence-electron chi connectivity index (χ3n) is 2.56. The van der Waals surface area contributed by atoms with Gasteiger partial charge < -0.3 is 15.2 Å². The summed E-state index contributed by atoms with van der Waals surface area (Å²) in [4.78, 5) is 0. The quantitative estimate of drug-likeness (QED) is 0.849. The van der Waals surface area contributed by atoms with Gasteiger partial charge in [0.25, 0.3) is 6.43 Å². The van der Waals surface area contributed by atoms with Crippen molar-refractivity contribution >= 4 is 5.69 Å². The Kier molecular flexibility index (Phi) is 3.85. The van der Waals surface area contributed by atoms with Crippen molar-refractivity contribution < 1.29 is 18.3 Å². The summed E-state index contributed by atoms with van der Waals surface area (Å²) in [7, 11) is 1.49. The number of halogens is 2. The molecule has 2 rings (SSSR count). The van der Waals surface area contributed by atoms with Crippen LogP contribution in [0.15, 0.2) is 42.5 Å². The molecule has 0 saturated heterocycles. The number of anilines is 1. The van der Waals surface area contributed by atoms with E-state index in [2.05, 4.69) is 0 Å². The molecule has 100 valence electrons. The number of benzene rings is 2. The number of nitrogen functional groups attached to an aromatic ring is 1. The predicted molar refractivity (Wildman–Crippen MR) is 68.9 cm³/mol. The van der Waals surface area contributed by atoms with Gasteiger partial charge >= 0.3 is 0 Å². The number of hydrogen-bond donors (Lipinski definition) is 1. The lowest BCUT2D eigenvalue weighted by Gasteiger charge is -2.13. The zero-order chi connectivity index (χ0) is 13.8. The fraction of sp³-hybridized carbons (Fsp3) is 0.143. The Bertz CT molecular complexity index is 573. The third kappa shape index (κ3) is 2.93. The molecule has 0 bridgehead atoms. The summed E-state index contributed by atoms with van der Waals surface area (Å²) in [6, 6.07) is 11.0. The van der Waals surface area contributed by atoms with Gasteiger partial charge in [0, 0.05) is 5.69 Å². The Morgan fingerprint density at radius 1 is 1.00 bits per heavy atom. The molecule has 2 N–H and O–H groups in total. The summed E-state index contributed by atoms with van der Waals surface area (Å²) in [5.41, 5.74) is 5.52. The fourth-order valence-corrected chi connectivity index (χ4v) is 1.65. The molecule has 2 aromatic rings. The number of nitrogens with two attached hydrogens (primary N) is 1. The van der Waals surface area contributed by atoms with E-state index in [-0.39, 0.29) is 17.0 Å². The van der Waals surface area contributed by atoms with Crippen molar-refractivity contribution in [3.63, 3.8) is 0 Å². The van der Waals surface area contributed by atoms with Gasteiger partial charge in [-0.2, -0.15) is 0 Å². The van der Waals surface area contributed by atoms with Crippen molar-refractivity contribution in [1.82, 2.24) is 0 Å². The Hall–Kier alpha value is -2.30. The van der Waals surface area contributed by atoms with Crippen LogP contribution in [0.2, 0.25) is 0 Å². The Morgan fingerprint density at radius 3 is 2.32 bits per heavy atom. The molecule has 0 radical (unpaired) electrons. The zero-order valence-corrected chi connectivity index (χ0v) is 10.3. The van der Waals surface area contributed by atoms with E-state index in [0.717, 1.165) is 0 Å². The highest BCUT2D eigenvalue weighted by molar-refractivity contribution is 5.51. The summed E-state index contributed by atoms with van der Waals surface area (Å²) in [5, 5.41) is 0. The van der Waals surface area contributed by atoms with Crippen LogP contribution in [-0.4, -0.2) is 7.11 Å². The van der Waals surface area contributed by atoms with Crippen LogP contribution >= 0.6 is 0 Å². The minimum Gasteiger partial charge on any atom is -0.493 e. The van der Waals surface area contributed by atoms with E-state index < -0.39 is 6.43 Å². The minimum absolute atomic E-state index is 0.0636. The number of para-hydroxylation sites is 2. The Morgan fingerprint density at radius 2 is 1.68 bits per heavy atom. The van der Waals surface area contributed by atoms with Crippen molar-refractivity contribution in [3.8, 4) is 17.2 Å². The molecule has 5 heteroatoms. The first-order valence-electron chi connectivity index (χ1n) is 5.60. The number of ether oxygens (including phenoxy) is 2. The predicted octanol–water partition coefficient (Wildman–Crippen LogP) is 4.01. The third-order valence-corrected chi connectivity index (χ3v) is 2.56. The van der Waals surface area contributed by atoms with E-state index in [1.807, 2.05) is 0 Å². The monoisotopic (exact) mass is 265 g/mol. The zero-order valence-electron chi connectivity index (χ0n) is 10.3. The largest absolute Gasteiger partial charge is 0.493 e. The van der Waals surface area contributed by atoms with E-state index in [4.69, 9.17) is 15.2 Å². The average Bonchev–Trinajstić information content (AvgIpc) is 2.41. The summed E-state index contributed by atoms with van der Waals surface area (Å²) >= 11 is 0. The van der Waals surface area contributed by atoms with Gasteiger partial charge in [0.15, 0.2) is 11.5 Å². The molecular weight excluding hydrogens is 252 g/mol. The molecular formula is C14H13F2NO2. The number of hydrogen-bond acceptors (Lipinski definition) is 3. The van der Waals surface area contributed by atoms with Crippen LogP contribution in [0.3, 0.4) is 0 Å².